The number of aliphatic carboxylic acids is 2. The van der Waals surface area contributed by atoms with E-state index in [2.05, 4.69) is 5.32 Å². The van der Waals surface area contributed by atoms with Crippen molar-refractivity contribution in [2.45, 2.75) is 24.9 Å². The first-order valence-electron chi connectivity index (χ1n) is 5.60. The third-order valence-electron chi connectivity index (χ3n) is 2.69. The molecule has 1 rings (SSSR count). The van der Waals surface area contributed by atoms with Crippen molar-refractivity contribution in [3.8, 4) is 0 Å². The summed E-state index contributed by atoms with van der Waals surface area (Å²) in [5, 5.41) is 19.7. The molecule has 2 atom stereocenters. The Bertz CT molecular complexity index is 410. The lowest BCUT2D eigenvalue weighted by Gasteiger charge is -2.35. The van der Waals surface area contributed by atoms with E-state index in [4.69, 9.17) is 15.9 Å². The number of carboxylic acids is 2. The van der Waals surface area contributed by atoms with Gasteiger partial charge in [-0.05, 0) is 0 Å². The summed E-state index contributed by atoms with van der Waals surface area (Å²) in [5.74, 6) is -3.78. The number of nitrogens with two attached hydrogens (primary N) is 1. The first kappa shape index (κ1) is 14.9. The van der Waals surface area contributed by atoms with E-state index in [9.17, 15) is 19.2 Å². The Hall–Kier alpha value is -2.16. The van der Waals surface area contributed by atoms with Crippen molar-refractivity contribution in [1.29, 1.82) is 0 Å². The molecule has 1 fully saturated rings. The maximum atomic E-state index is 11.9. The summed E-state index contributed by atoms with van der Waals surface area (Å²) in [7, 11) is 0. The van der Waals surface area contributed by atoms with Gasteiger partial charge in [0.25, 0.3) is 0 Å². The Morgan fingerprint density at radius 1 is 1.37 bits per heavy atom. The lowest BCUT2D eigenvalue weighted by Crippen LogP contribution is -2.60. The van der Waals surface area contributed by atoms with Gasteiger partial charge in [0.1, 0.15) is 6.04 Å². The number of amides is 2. The summed E-state index contributed by atoms with van der Waals surface area (Å²) < 4.78 is 0. The molecule has 0 radical (unpaired) electrons. The van der Waals surface area contributed by atoms with Gasteiger partial charge < -0.3 is 26.2 Å². The highest BCUT2D eigenvalue weighted by Gasteiger charge is 2.36. The number of carbonyl (C=O) groups is 4. The van der Waals surface area contributed by atoms with Gasteiger partial charge in [0.15, 0.2) is 0 Å². The lowest BCUT2D eigenvalue weighted by atomic mass is 10.1. The number of carbonyl (C=O) groups excluding carboxylic acids is 2. The quantitative estimate of drug-likeness (QED) is 0.435. The second-order valence-corrected chi connectivity index (χ2v) is 4.14. The predicted octanol–water partition coefficient (Wildman–Crippen LogP) is -2.41. The van der Waals surface area contributed by atoms with Crippen molar-refractivity contribution < 1.29 is 29.4 Å². The van der Waals surface area contributed by atoms with Gasteiger partial charge in [-0.15, -0.1) is 0 Å². The molecule has 5 N–H and O–H groups in total. The zero-order chi connectivity index (χ0) is 14.6. The molecule has 1 aliphatic rings. The molecule has 19 heavy (non-hydrogen) atoms. The topological polar surface area (TPSA) is 150 Å². The summed E-state index contributed by atoms with van der Waals surface area (Å²) in [6.45, 7) is 0.288. The minimum atomic E-state index is -1.29. The highest BCUT2D eigenvalue weighted by Crippen LogP contribution is 2.11. The molecule has 0 aliphatic carbocycles. The van der Waals surface area contributed by atoms with Crippen LogP contribution >= 0.6 is 0 Å². The van der Waals surface area contributed by atoms with E-state index >= 15 is 0 Å². The predicted molar refractivity (Wildman–Crippen MR) is 61.0 cm³/mol. The van der Waals surface area contributed by atoms with E-state index < -0.39 is 48.7 Å². The first-order valence-corrected chi connectivity index (χ1v) is 5.60. The number of nitrogens with one attached hydrogen (secondary N) is 1. The van der Waals surface area contributed by atoms with Gasteiger partial charge in [-0.25, -0.2) is 0 Å². The fraction of sp³-hybridized carbons (Fsp3) is 0.600. The van der Waals surface area contributed by atoms with E-state index in [0.717, 1.165) is 4.90 Å². The smallest absolute Gasteiger partial charge is 0.305 e. The summed E-state index contributed by atoms with van der Waals surface area (Å²) in [6.07, 6.45) is -1.12. The van der Waals surface area contributed by atoms with Crippen LogP contribution < -0.4 is 11.1 Å². The van der Waals surface area contributed by atoms with Crippen molar-refractivity contribution in [3.05, 3.63) is 0 Å². The minimum absolute atomic E-state index is 0.107. The van der Waals surface area contributed by atoms with Crippen LogP contribution in [0.5, 0.6) is 0 Å². The Labute approximate surface area is 108 Å². The van der Waals surface area contributed by atoms with Crippen molar-refractivity contribution in [3.63, 3.8) is 0 Å². The molecular weight excluding hydrogens is 258 g/mol. The molecule has 0 aromatic carbocycles. The Morgan fingerprint density at radius 2 is 2.00 bits per heavy atom. The van der Waals surface area contributed by atoms with Crippen LogP contribution in [0.3, 0.4) is 0 Å². The largest absolute Gasteiger partial charge is 0.481 e. The van der Waals surface area contributed by atoms with Gasteiger partial charge in [0.2, 0.25) is 11.8 Å². The van der Waals surface area contributed by atoms with E-state index in [0.29, 0.717) is 0 Å². The molecule has 0 aromatic heterocycles. The summed E-state index contributed by atoms with van der Waals surface area (Å²) >= 11 is 0. The number of hydrogen-bond acceptors (Lipinski definition) is 5. The maximum absolute atomic E-state index is 11.9. The molecule has 2 amide bonds. The van der Waals surface area contributed by atoms with Crippen molar-refractivity contribution in [2.75, 3.05) is 13.1 Å². The number of piperazine rings is 1. The average molecular weight is 273 g/mol. The van der Waals surface area contributed by atoms with Crippen LogP contribution in [0.15, 0.2) is 0 Å². The SMILES string of the molecule is NC(CC(=O)O)C(=O)N1CCNC(=O)C1CC(=O)O. The van der Waals surface area contributed by atoms with Crippen LogP contribution in [0, 0.1) is 0 Å². The standard InChI is InChI=1S/C10H15N3O6/c11-5(3-7(14)15)10(19)13-2-1-12-9(18)6(13)4-8(16)17/h5-6H,1-4,11H2,(H,12,18)(H,14,15)(H,16,17). The van der Waals surface area contributed by atoms with Gasteiger partial charge in [0, 0.05) is 13.1 Å². The van der Waals surface area contributed by atoms with Crippen molar-refractivity contribution in [1.82, 2.24) is 10.2 Å². The minimum Gasteiger partial charge on any atom is -0.481 e. The summed E-state index contributed by atoms with van der Waals surface area (Å²) in [6, 6.07) is -2.45. The highest BCUT2D eigenvalue weighted by molar-refractivity contribution is 5.94. The van der Waals surface area contributed by atoms with Crippen LogP contribution in [0.2, 0.25) is 0 Å². The molecule has 1 saturated heterocycles. The molecule has 0 bridgehead atoms. The fourth-order valence-corrected chi connectivity index (χ4v) is 1.84. The average Bonchev–Trinajstić information content (AvgIpc) is 2.29. The van der Waals surface area contributed by atoms with Gasteiger partial charge in [0.05, 0.1) is 18.9 Å². The summed E-state index contributed by atoms with van der Waals surface area (Å²) in [5.41, 5.74) is 5.44. The zero-order valence-corrected chi connectivity index (χ0v) is 10.0. The maximum Gasteiger partial charge on any atom is 0.305 e. The molecule has 1 aliphatic heterocycles. The Morgan fingerprint density at radius 3 is 2.53 bits per heavy atom. The normalized spacial score (nSPS) is 20.6. The third kappa shape index (κ3) is 3.91. The zero-order valence-electron chi connectivity index (χ0n) is 10.0. The van der Waals surface area contributed by atoms with E-state index in [1.807, 2.05) is 0 Å². The Kier molecular flexibility index (Phi) is 4.81. The molecule has 1 heterocycles. The molecule has 0 spiro atoms. The number of rotatable bonds is 5. The van der Waals surface area contributed by atoms with Crippen LogP contribution in [-0.2, 0) is 19.2 Å². The van der Waals surface area contributed by atoms with Gasteiger partial charge in [-0.2, -0.15) is 0 Å². The van der Waals surface area contributed by atoms with Crippen molar-refractivity contribution in [2.24, 2.45) is 5.73 Å². The van der Waals surface area contributed by atoms with E-state index in [1.54, 1.807) is 0 Å². The second-order valence-electron chi connectivity index (χ2n) is 4.14. The summed E-state index contributed by atoms with van der Waals surface area (Å²) in [4.78, 5) is 45.7. The van der Waals surface area contributed by atoms with E-state index in [-0.39, 0.29) is 13.1 Å². The van der Waals surface area contributed by atoms with Crippen LogP contribution in [-0.4, -0.2) is 64.0 Å². The lowest BCUT2D eigenvalue weighted by molar-refractivity contribution is -0.150. The van der Waals surface area contributed by atoms with Gasteiger partial charge >= 0.3 is 11.9 Å². The Balaban J connectivity index is 2.81. The van der Waals surface area contributed by atoms with Crippen LogP contribution in [0.4, 0.5) is 0 Å². The first-order chi connectivity index (χ1) is 8.82. The second kappa shape index (κ2) is 6.14. The van der Waals surface area contributed by atoms with Crippen molar-refractivity contribution >= 4 is 23.8 Å². The molecule has 2 unspecified atom stereocenters. The third-order valence-corrected chi connectivity index (χ3v) is 2.69. The number of carboxylic acid groups (broad SMARTS) is 2. The van der Waals surface area contributed by atoms with E-state index in [1.165, 1.54) is 0 Å². The van der Waals surface area contributed by atoms with Crippen LogP contribution in [0.25, 0.3) is 0 Å². The molecular formula is C10H15N3O6. The molecule has 0 aromatic rings. The highest BCUT2D eigenvalue weighted by atomic mass is 16.4. The molecule has 9 nitrogen and oxygen atoms in total. The molecule has 9 heteroatoms. The number of hydrogen-bond donors (Lipinski definition) is 4. The van der Waals surface area contributed by atoms with Gasteiger partial charge in [-0.1, -0.05) is 0 Å². The number of nitrogens with zero attached hydrogens (tertiary/aromatic N) is 1. The monoisotopic (exact) mass is 273 g/mol. The molecule has 0 saturated carbocycles. The van der Waals surface area contributed by atoms with Crippen LogP contribution in [0.1, 0.15) is 12.8 Å². The molecule has 106 valence electrons. The fourth-order valence-electron chi connectivity index (χ4n) is 1.84. The van der Waals surface area contributed by atoms with Gasteiger partial charge in [-0.3, -0.25) is 19.2 Å².